The van der Waals surface area contributed by atoms with Gasteiger partial charge in [0.1, 0.15) is 0 Å². The third-order valence-corrected chi connectivity index (χ3v) is 0.827. The van der Waals surface area contributed by atoms with E-state index in [-0.39, 0.29) is 0 Å². The van der Waals surface area contributed by atoms with Gasteiger partial charge >= 0.3 is 33.6 Å². The maximum absolute atomic E-state index is 11.2. The molecule has 0 spiro atoms. The quantitative estimate of drug-likeness (QED) is 0.302. The molecule has 0 heterocycles. The molecule has 30 valence electrons. The summed E-state index contributed by atoms with van der Waals surface area (Å²) < 4.78 is 11.2. The van der Waals surface area contributed by atoms with Gasteiger partial charge in [-0.2, -0.15) is 0 Å². The third kappa shape index (κ3) is 4.34. The molecule has 0 saturated heterocycles. The van der Waals surface area contributed by atoms with Crippen LogP contribution >= 0.6 is 0 Å². The first-order chi connectivity index (χ1) is 2.27. The fraction of sp³-hybridized carbons (Fsp3) is 1.00. The van der Waals surface area contributed by atoms with Crippen molar-refractivity contribution in [2.24, 2.45) is 0 Å². The summed E-state index contributed by atoms with van der Waals surface area (Å²) in [6.07, 6.45) is 0. The zero-order valence-corrected chi connectivity index (χ0v) is 3.89. The molecule has 0 N–H and O–H groups in total. The molecule has 0 aromatic heterocycles. The first kappa shape index (κ1) is 5.34. The van der Waals surface area contributed by atoms with Gasteiger partial charge in [0, 0.05) is 0 Å². The Labute approximate surface area is 34.5 Å². The van der Waals surface area contributed by atoms with Gasteiger partial charge in [0.05, 0.1) is 0 Å². The molecule has 0 bridgehead atoms. The Kier molecular flexibility index (Phi) is 2.75. The normalized spacial score (nSPS) is 9.80. The Balaban J connectivity index is 2.97. The molecule has 0 fully saturated rings. The van der Waals surface area contributed by atoms with Gasteiger partial charge in [0.25, 0.3) is 0 Å². The summed E-state index contributed by atoms with van der Waals surface area (Å²) in [5.74, 6) is 0.444. The molecule has 0 amide bonds. The van der Waals surface area contributed by atoms with E-state index in [0.717, 1.165) is 0 Å². The Morgan fingerprint density at radius 2 is 2.20 bits per heavy atom. The van der Waals surface area contributed by atoms with E-state index in [0.29, 0.717) is 5.75 Å². The number of rotatable bonds is 0. The van der Waals surface area contributed by atoms with E-state index in [4.69, 9.17) is 0 Å². The molecule has 3 heteroatoms. The Bertz CT molecular complexity index is 71.5. The predicted octanol–water partition coefficient (Wildman–Crippen LogP) is 0.593. The van der Waals surface area contributed by atoms with Crippen LogP contribution in [0.5, 0.6) is 0 Å². The Hall–Kier alpha value is 0.345. The standard InChI is InChI=1S/C2H5BFS/c1-2-5(3)4/h2H2,1H3/q-1. The first-order valence-electron chi connectivity index (χ1n) is 1.39. The molecular weight excluding hydrogens is 85.9 g/mol. The molecule has 0 nitrogen and oxygen atoms in total. The average Bonchev–Trinajstić information content (AvgIpc) is 1.38. The topological polar surface area (TPSA) is 0 Å². The molecule has 0 aliphatic heterocycles. The van der Waals surface area contributed by atoms with E-state index in [1.807, 2.05) is 0 Å². The summed E-state index contributed by atoms with van der Waals surface area (Å²) in [5, 5.41) is 0. The van der Waals surface area contributed by atoms with Crippen molar-refractivity contribution in [1.82, 2.24) is 0 Å². The molecule has 0 aliphatic rings. The zero-order valence-electron chi connectivity index (χ0n) is 3.07. The summed E-state index contributed by atoms with van der Waals surface area (Å²) in [5.41, 5.74) is 0. The monoisotopic (exact) mass is 91.0 g/mol. The first-order valence-corrected chi connectivity index (χ1v) is 2.74. The van der Waals surface area contributed by atoms with Crippen LogP contribution < -0.4 is 0 Å². The van der Waals surface area contributed by atoms with Crippen molar-refractivity contribution in [3.05, 3.63) is 0 Å². The van der Waals surface area contributed by atoms with E-state index < -0.39 is 10.5 Å². The van der Waals surface area contributed by atoms with Gasteiger partial charge in [-0.25, -0.2) is 0 Å². The molecule has 0 aromatic carbocycles. The van der Waals surface area contributed by atoms with Crippen LogP contribution in [0.4, 0.5) is 3.89 Å². The van der Waals surface area contributed by atoms with Crippen LogP contribution in [0.1, 0.15) is 6.92 Å². The van der Waals surface area contributed by atoms with Crippen molar-refractivity contribution >= 4 is 17.0 Å². The molecule has 0 atom stereocenters. The van der Waals surface area contributed by atoms with Crippen LogP contribution in [-0.4, -0.2) is 12.3 Å². The van der Waals surface area contributed by atoms with E-state index >= 15 is 0 Å². The van der Waals surface area contributed by atoms with Gasteiger partial charge in [-0.15, -0.1) is 0 Å². The average molecular weight is 90.9 g/mol. The molecule has 0 aromatic rings. The predicted molar refractivity (Wildman–Crippen MR) is 24.8 cm³/mol. The van der Waals surface area contributed by atoms with Gasteiger partial charge in [-0.3, -0.25) is 0 Å². The van der Waals surface area contributed by atoms with Gasteiger partial charge in [-0.1, -0.05) is 0 Å². The maximum atomic E-state index is 11.2. The van der Waals surface area contributed by atoms with Crippen LogP contribution in [0.3, 0.4) is 0 Å². The molecular formula is C2H5BFS-. The number of halogens is 1. The van der Waals surface area contributed by atoms with Crippen LogP contribution in [0.2, 0.25) is 0 Å². The molecule has 0 rings (SSSR count). The molecule has 0 unspecified atom stereocenters. The van der Waals surface area contributed by atoms with Crippen molar-refractivity contribution in [2.45, 2.75) is 6.92 Å². The molecule has 0 radical (unpaired) electrons. The van der Waals surface area contributed by atoms with Crippen LogP contribution in [-0.2, 0) is 10.5 Å². The minimum atomic E-state index is -1.32. The van der Waals surface area contributed by atoms with Crippen LogP contribution in [0.15, 0.2) is 0 Å². The van der Waals surface area contributed by atoms with Crippen molar-refractivity contribution in [3.63, 3.8) is 0 Å². The third-order valence-electron chi connectivity index (χ3n) is 0.276. The summed E-state index contributed by atoms with van der Waals surface area (Å²) in [7, 11) is -1.32. The van der Waals surface area contributed by atoms with Gasteiger partial charge in [0.15, 0.2) is 0 Å². The second kappa shape index (κ2) is 2.58. The molecule has 5 heavy (non-hydrogen) atoms. The number of hydrogen-bond acceptors (Lipinski definition) is 1. The fourth-order valence-corrected chi connectivity index (χ4v) is 0. The summed E-state index contributed by atoms with van der Waals surface area (Å²) in [4.78, 5) is 0. The summed E-state index contributed by atoms with van der Waals surface area (Å²) in [6.45, 7) is 6.36. The van der Waals surface area contributed by atoms with Gasteiger partial charge in [0.2, 0.25) is 0 Å². The Morgan fingerprint density at radius 1 is 2.00 bits per heavy atom. The second-order valence-electron chi connectivity index (χ2n) is 0.654. The van der Waals surface area contributed by atoms with E-state index in [1.54, 1.807) is 6.92 Å². The fourth-order valence-electron chi connectivity index (χ4n) is 0. The second-order valence-corrected chi connectivity index (χ2v) is 1.96. The van der Waals surface area contributed by atoms with E-state index in [1.165, 1.54) is 0 Å². The number of hydrogen-bond donors (Lipinski definition) is 0. The van der Waals surface area contributed by atoms with Gasteiger partial charge < -0.3 is 0 Å². The zero-order chi connectivity index (χ0) is 4.28. The SMILES string of the molecule is B#[S-](F)CC. The van der Waals surface area contributed by atoms with Crippen molar-refractivity contribution in [1.29, 1.82) is 0 Å². The van der Waals surface area contributed by atoms with E-state index in [2.05, 4.69) is 6.53 Å². The van der Waals surface area contributed by atoms with E-state index in [9.17, 15) is 3.89 Å². The minimum absolute atomic E-state index is 0.444. The van der Waals surface area contributed by atoms with Crippen LogP contribution in [0.25, 0.3) is 0 Å². The van der Waals surface area contributed by atoms with Gasteiger partial charge in [-0.05, 0) is 0 Å². The van der Waals surface area contributed by atoms with Crippen molar-refractivity contribution in [2.75, 3.05) is 5.75 Å². The molecule has 0 saturated carbocycles. The molecule has 0 aliphatic carbocycles. The Morgan fingerprint density at radius 3 is 2.20 bits per heavy atom. The summed E-state index contributed by atoms with van der Waals surface area (Å²) in [6, 6.07) is 0. The van der Waals surface area contributed by atoms with Crippen molar-refractivity contribution in [3.8, 4) is 0 Å². The van der Waals surface area contributed by atoms with Crippen LogP contribution in [0, 0.1) is 0 Å². The van der Waals surface area contributed by atoms with Crippen molar-refractivity contribution < 1.29 is 3.89 Å². The summed E-state index contributed by atoms with van der Waals surface area (Å²) >= 11 is 0.